The highest BCUT2D eigenvalue weighted by molar-refractivity contribution is 9.10. The fraction of sp³-hybridized carbons (Fsp3) is 0. The highest BCUT2D eigenvalue weighted by atomic mass is 79.9. The maximum Gasteiger partial charge on any atom is 0.337 e. The second-order valence-corrected chi connectivity index (χ2v) is 5.31. The van der Waals surface area contributed by atoms with Crippen molar-refractivity contribution in [2.45, 2.75) is 0 Å². The third-order valence-corrected chi connectivity index (χ3v) is 3.28. The fourth-order valence-corrected chi connectivity index (χ4v) is 2.18. The highest BCUT2D eigenvalue weighted by Crippen LogP contribution is 2.22. The number of halogens is 2. The predicted molar refractivity (Wildman–Crippen MR) is 80.5 cm³/mol. The summed E-state index contributed by atoms with van der Waals surface area (Å²) in [7, 11) is 0. The summed E-state index contributed by atoms with van der Waals surface area (Å²) in [6.45, 7) is 0. The quantitative estimate of drug-likeness (QED) is 0.874. The fourth-order valence-electron chi connectivity index (χ4n) is 1.63. The van der Waals surface area contributed by atoms with Crippen LogP contribution in [0.4, 0.5) is 5.69 Å². The molecular formula is C14H9BrClNO3. The average Bonchev–Trinajstić information content (AvgIpc) is 2.40. The molecule has 0 atom stereocenters. The van der Waals surface area contributed by atoms with Crippen molar-refractivity contribution in [3.8, 4) is 0 Å². The molecule has 4 nitrogen and oxygen atoms in total. The summed E-state index contributed by atoms with van der Waals surface area (Å²) in [6, 6.07) is 11.0. The summed E-state index contributed by atoms with van der Waals surface area (Å²) >= 11 is 9.01. The van der Waals surface area contributed by atoms with Gasteiger partial charge >= 0.3 is 5.97 Å². The van der Waals surface area contributed by atoms with Crippen LogP contribution in [0.25, 0.3) is 0 Å². The van der Waals surface area contributed by atoms with E-state index < -0.39 is 11.9 Å². The average molecular weight is 355 g/mol. The molecule has 0 saturated heterocycles. The van der Waals surface area contributed by atoms with Crippen LogP contribution in [0.5, 0.6) is 0 Å². The van der Waals surface area contributed by atoms with Crippen LogP contribution in [0.15, 0.2) is 46.9 Å². The molecule has 0 aliphatic heterocycles. The van der Waals surface area contributed by atoms with Gasteiger partial charge in [0.05, 0.1) is 11.3 Å². The van der Waals surface area contributed by atoms with Crippen LogP contribution in [-0.4, -0.2) is 17.0 Å². The largest absolute Gasteiger partial charge is 0.478 e. The molecule has 2 aromatic rings. The van der Waals surface area contributed by atoms with Crippen molar-refractivity contribution < 1.29 is 14.7 Å². The summed E-state index contributed by atoms with van der Waals surface area (Å²) in [5.74, 6) is -1.54. The topological polar surface area (TPSA) is 66.4 Å². The third kappa shape index (κ3) is 3.37. The van der Waals surface area contributed by atoms with Crippen LogP contribution in [-0.2, 0) is 0 Å². The Hall–Kier alpha value is -1.85. The van der Waals surface area contributed by atoms with E-state index in [2.05, 4.69) is 21.2 Å². The van der Waals surface area contributed by atoms with Crippen LogP contribution in [0.3, 0.4) is 0 Å². The lowest BCUT2D eigenvalue weighted by atomic mass is 10.1. The number of carboxylic acids is 1. The molecule has 1 amide bonds. The van der Waals surface area contributed by atoms with Crippen LogP contribution in [0, 0.1) is 0 Å². The number of rotatable bonds is 3. The molecule has 0 unspecified atom stereocenters. The Morgan fingerprint density at radius 1 is 1.15 bits per heavy atom. The van der Waals surface area contributed by atoms with E-state index in [4.69, 9.17) is 16.7 Å². The second-order valence-electron chi connectivity index (χ2n) is 3.96. The van der Waals surface area contributed by atoms with Crippen molar-refractivity contribution in [2.75, 3.05) is 5.32 Å². The van der Waals surface area contributed by atoms with Crippen molar-refractivity contribution in [3.63, 3.8) is 0 Å². The Morgan fingerprint density at radius 2 is 1.90 bits per heavy atom. The van der Waals surface area contributed by atoms with E-state index in [9.17, 15) is 9.59 Å². The minimum absolute atomic E-state index is 0.00903. The molecule has 0 heterocycles. The van der Waals surface area contributed by atoms with Gasteiger partial charge in [0.15, 0.2) is 0 Å². The van der Waals surface area contributed by atoms with Gasteiger partial charge in [-0.05, 0) is 36.4 Å². The Kier molecular flexibility index (Phi) is 4.42. The number of anilines is 1. The number of hydrogen-bond acceptors (Lipinski definition) is 2. The van der Waals surface area contributed by atoms with Crippen LogP contribution < -0.4 is 5.32 Å². The predicted octanol–water partition coefficient (Wildman–Crippen LogP) is 4.05. The van der Waals surface area contributed by atoms with Gasteiger partial charge in [0.25, 0.3) is 5.91 Å². The first-order valence-corrected chi connectivity index (χ1v) is 6.74. The molecule has 0 aliphatic carbocycles. The van der Waals surface area contributed by atoms with E-state index in [-0.39, 0.29) is 11.3 Å². The maximum atomic E-state index is 12.1. The van der Waals surface area contributed by atoms with Gasteiger partial charge in [0, 0.05) is 15.1 Å². The number of nitrogens with one attached hydrogen (secondary N) is 1. The summed E-state index contributed by atoms with van der Waals surface area (Å²) in [4.78, 5) is 23.2. The van der Waals surface area contributed by atoms with Crippen LogP contribution in [0.2, 0.25) is 5.02 Å². The molecule has 0 fully saturated rings. The Balaban J connectivity index is 2.30. The standard InChI is InChI=1S/C14H9BrClNO3/c15-9-4-5-12(11(7-9)14(19)20)17-13(18)8-2-1-3-10(16)6-8/h1-7H,(H,17,18)(H,19,20). The van der Waals surface area contributed by atoms with E-state index in [1.165, 1.54) is 18.2 Å². The molecule has 0 bridgehead atoms. The van der Waals surface area contributed by atoms with Crippen molar-refractivity contribution in [1.29, 1.82) is 0 Å². The van der Waals surface area contributed by atoms with Gasteiger partial charge in [-0.1, -0.05) is 33.6 Å². The van der Waals surface area contributed by atoms with E-state index in [1.807, 2.05) is 0 Å². The molecule has 2 rings (SSSR count). The highest BCUT2D eigenvalue weighted by Gasteiger charge is 2.14. The maximum absolute atomic E-state index is 12.1. The SMILES string of the molecule is O=C(Nc1ccc(Br)cc1C(=O)O)c1cccc(Cl)c1. The van der Waals surface area contributed by atoms with E-state index in [0.717, 1.165) is 0 Å². The monoisotopic (exact) mass is 353 g/mol. The second kappa shape index (κ2) is 6.07. The van der Waals surface area contributed by atoms with Gasteiger partial charge in [-0.2, -0.15) is 0 Å². The van der Waals surface area contributed by atoms with E-state index in [1.54, 1.807) is 24.3 Å². The van der Waals surface area contributed by atoms with Crippen LogP contribution >= 0.6 is 27.5 Å². The first kappa shape index (κ1) is 14.6. The molecule has 102 valence electrons. The Labute approximate surface area is 128 Å². The zero-order chi connectivity index (χ0) is 14.7. The normalized spacial score (nSPS) is 10.1. The Bertz CT molecular complexity index is 688. The minimum Gasteiger partial charge on any atom is -0.478 e. The van der Waals surface area contributed by atoms with Gasteiger partial charge in [0.1, 0.15) is 0 Å². The molecule has 0 radical (unpaired) electrons. The summed E-state index contributed by atoms with van der Waals surface area (Å²) in [5.41, 5.74) is 0.595. The first-order chi connectivity index (χ1) is 9.47. The zero-order valence-corrected chi connectivity index (χ0v) is 12.4. The van der Waals surface area contributed by atoms with Gasteiger partial charge in [-0.25, -0.2) is 4.79 Å². The number of aromatic carboxylic acids is 1. The molecule has 20 heavy (non-hydrogen) atoms. The lowest BCUT2D eigenvalue weighted by Crippen LogP contribution is -2.14. The molecule has 0 saturated carbocycles. The number of carbonyl (C=O) groups excluding carboxylic acids is 1. The lowest BCUT2D eigenvalue weighted by molar-refractivity contribution is 0.0698. The van der Waals surface area contributed by atoms with Crippen molar-refractivity contribution in [3.05, 3.63) is 63.1 Å². The number of carboxylic acid groups (broad SMARTS) is 1. The molecule has 6 heteroatoms. The Morgan fingerprint density at radius 3 is 2.55 bits per heavy atom. The van der Waals surface area contributed by atoms with E-state index in [0.29, 0.717) is 15.1 Å². The first-order valence-electron chi connectivity index (χ1n) is 5.57. The minimum atomic E-state index is -1.12. The summed E-state index contributed by atoms with van der Waals surface area (Å²) in [6.07, 6.45) is 0. The number of hydrogen-bond donors (Lipinski definition) is 2. The number of benzene rings is 2. The zero-order valence-electron chi connectivity index (χ0n) is 10.1. The van der Waals surface area contributed by atoms with Crippen molar-refractivity contribution in [2.24, 2.45) is 0 Å². The molecule has 2 N–H and O–H groups in total. The number of amides is 1. The van der Waals surface area contributed by atoms with Gasteiger partial charge in [0.2, 0.25) is 0 Å². The van der Waals surface area contributed by atoms with Crippen molar-refractivity contribution in [1.82, 2.24) is 0 Å². The summed E-state index contributed by atoms with van der Waals surface area (Å²) < 4.78 is 0.621. The summed E-state index contributed by atoms with van der Waals surface area (Å²) in [5, 5.41) is 12.1. The van der Waals surface area contributed by atoms with Gasteiger partial charge < -0.3 is 10.4 Å². The molecular weight excluding hydrogens is 346 g/mol. The van der Waals surface area contributed by atoms with Gasteiger partial charge in [-0.15, -0.1) is 0 Å². The molecule has 2 aromatic carbocycles. The lowest BCUT2D eigenvalue weighted by Gasteiger charge is -2.09. The number of carbonyl (C=O) groups is 2. The van der Waals surface area contributed by atoms with Gasteiger partial charge in [-0.3, -0.25) is 4.79 Å². The molecule has 0 aromatic heterocycles. The molecule has 0 spiro atoms. The third-order valence-electron chi connectivity index (χ3n) is 2.55. The molecule has 0 aliphatic rings. The van der Waals surface area contributed by atoms with Crippen LogP contribution in [0.1, 0.15) is 20.7 Å². The van der Waals surface area contributed by atoms with E-state index >= 15 is 0 Å². The smallest absolute Gasteiger partial charge is 0.337 e. The van der Waals surface area contributed by atoms with Crippen molar-refractivity contribution >= 4 is 45.1 Å².